The summed E-state index contributed by atoms with van der Waals surface area (Å²) in [7, 11) is -3.46. The van der Waals surface area contributed by atoms with Crippen molar-refractivity contribution in [1.29, 1.82) is 0 Å². The van der Waals surface area contributed by atoms with Gasteiger partial charge in [-0.2, -0.15) is 0 Å². The summed E-state index contributed by atoms with van der Waals surface area (Å²) in [6, 6.07) is 0. The predicted octanol–water partition coefficient (Wildman–Crippen LogP) is 0.379. The van der Waals surface area contributed by atoms with Crippen molar-refractivity contribution in [1.82, 2.24) is 4.90 Å². The lowest BCUT2D eigenvalue weighted by atomic mass is 10.2. The summed E-state index contributed by atoms with van der Waals surface area (Å²) in [6.45, 7) is 5.47. The number of carbonyl (C=O) groups is 2. The Balaban J connectivity index is 4.84. The average Bonchev–Trinajstić information content (AvgIpc) is 2.20. The molecule has 0 radical (unpaired) electrons. The van der Waals surface area contributed by atoms with Crippen LogP contribution < -0.4 is 0 Å². The summed E-state index contributed by atoms with van der Waals surface area (Å²) in [5.74, 6) is -1.40. The molecule has 1 atom stereocenters. The van der Waals surface area contributed by atoms with Crippen molar-refractivity contribution in [3.05, 3.63) is 0 Å². The number of hydrogen-bond donors (Lipinski definition) is 1. The van der Waals surface area contributed by atoms with Gasteiger partial charge in [0.05, 0.1) is 6.42 Å². The fourth-order valence-corrected chi connectivity index (χ4v) is 1.92. The number of sulfone groups is 1. The van der Waals surface area contributed by atoms with E-state index in [1.54, 1.807) is 0 Å². The van der Waals surface area contributed by atoms with Crippen molar-refractivity contribution < 1.29 is 23.1 Å². The summed E-state index contributed by atoms with van der Waals surface area (Å²) < 4.78 is 22.7. The lowest BCUT2D eigenvalue weighted by Crippen LogP contribution is -2.43. The molecule has 0 aliphatic carbocycles. The van der Waals surface area contributed by atoms with Crippen LogP contribution in [-0.2, 0) is 19.4 Å². The smallest absolute Gasteiger partial charge is 0.305 e. The number of carboxylic acids is 1. The summed E-state index contributed by atoms with van der Waals surface area (Å²) >= 11 is 0. The summed E-state index contributed by atoms with van der Waals surface area (Å²) in [6.07, 6.45) is 0.815. The molecule has 7 heteroatoms. The van der Waals surface area contributed by atoms with Crippen LogP contribution in [0.2, 0.25) is 0 Å². The van der Waals surface area contributed by atoms with E-state index in [-0.39, 0.29) is 18.9 Å². The van der Waals surface area contributed by atoms with Gasteiger partial charge < -0.3 is 10.0 Å². The number of aliphatic carboxylic acids is 1. The maximum absolute atomic E-state index is 12.0. The van der Waals surface area contributed by atoms with Crippen LogP contribution in [0.4, 0.5) is 0 Å². The minimum atomic E-state index is -3.46. The molecule has 0 aliphatic rings. The Bertz CT molecular complexity index is 402. The SMILES string of the molecule is CC(C)CN(CCC(=O)O)C(=O)C(C)S(C)(=O)=O. The van der Waals surface area contributed by atoms with Gasteiger partial charge in [-0.25, -0.2) is 8.42 Å². The third-order valence-corrected chi connectivity index (χ3v) is 3.97. The van der Waals surface area contributed by atoms with E-state index in [2.05, 4.69) is 0 Å². The van der Waals surface area contributed by atoms with E-state index in [1.807, 2.05) is 13.8 Å². The minimum Gasteiger partial charge on any atom is -0.481 e. The van der Waals surface area contributed by atoms with Gasteiger partial charge in [0, 0.05) is 19.3 Å². The second-order valence-corrected chi connectivity index (χ2v) is 7.16. The number of hydrogen-bond acceptors (Lipinski definition) is 4. The van der Waals surface area contributed by atoms with E-state index in [4.69, 9.17) is 5.11 Å². The van der Waals surface area contributed by atoms with Crippen LogP contribution in [0.1, 0.15) is 27.2 Å². The first-order valence-corrected chi connectivity index (χ1v) is 7.70. The van der Waals surface area contributed by atoms with Gasteiger partial charge in [0.1, 0.15) is 5.25 Å². The van der Waals surface area contributed by atoms with Crippen LogP contribution >= 0.6 is 0 Å². The fourth-order valence-electron chi connectivity index (χ4n) is 1.40. The van der Waals surface area contributed by atoms with Gasteiger partial charge in [0.15, 0.2) is 9.84 Å². The molecule has 6 nitrogen and oxygen atoms in total. The molecule has 0 aromatic carbocycles. The van der Waals surface area contributed by atoms with Crippen molar-refractivity contribution in [2.45, 2.75) is 32.4 Å². The van der Waals surface area contributed by atoms with Crippen LogP contribution in [0, 0.1) is 5.92 Å². The third kappa shape index (κ3) is 6.00. The lowest BCUT2D eigenvalue weighted by molar-refractivity contribution is -0.138. The molecule has 0 aromatic rings. The maximum Gasteiger partial charge on any atom is 0.305 e. The molecule has 0 rings (SSSR count). The van der Waals surface area contributed by atoms with Crippen molar-refractivity contribution in [2.24, 2.45) is 5.92 Å². The summed E-state index contributed by atoms with van der Waals surface area (Å²) in [5, 5.41) is 7.49. The number of carbonyl (C=O) groups excluding carboxylic acids is 1. The van der Waals surface area contributed by atoms with Crippen molar-refractivity contribution >= 4 is 21.7 Å². The fraction of sp³-hybridized carbons (Fsp3) is 0.818. The Morgan fingerprint density at radius 1 is 1.22 bits per heavy atom. The molecule has 1 unspecified atom stereocenters. The highest BCUT2D eigenvalue weighted by molar-refractivity contribution is 7.92. The zero-order valence-corrected chi connectivity index (χ0v) is 12.0. The second-order valence-electron chi connectivity index (χ2n) is 4.79. The predicted molar refractivity (Wildman–Crippen MR) is 68.0 cm³/mol. The molecular formula is C11H21NO5S. The van der Waals surface area contributed by atoms with Crippen molar-refractivity contribution in [3.8, 4) is 0 Å². The third-order valence-electron chi connectivity index (χ3n) is 2.48. The van der Waals surface area contributed by atoms with Gasteiger partial charge in [0.2, 0.25) is 5.91 Å². The molecule has 0 spiro atoms. The van der Waals surface area contributed by atoms with Gasteiger partial charge >= 0.3 is 5.97 Å². The second kappa shape index (κ2) is 6.72. The Morgan fingerprint density at radius 2 is 1.72 bits per heavy atom. The molecule has 0 aromatic heterocycles. The molecule has 1 N–H and O–H groups in total. The van der Waals surface area contributed by atoms with Crippen molar-refractivity contribution in [3.63, 3.8) is 0 Å². The van der Waals surface area contributed by atoms with E-state index in [1.165, 1.54) is 11.8 Å². The first-order valence-electron chi connectivity index (χ1n) is 5.75. The van der Waals surface area contributed by atoms with Gasteiger partial charge in [-0.15, -0.1) is 0 Å². The van der Waals surface area contributed by atoms with E-state index in [0.29, 0.717) is 6.54 Å². The van der Waals surface area contributed by atoms with Crippen LogP contribution in [0.15, 0.2) is 0 Å². The van der Waals surface area contributed by atoms with Crippen LogP contribution in [0.3, 0.4) is 0 Å². The zero-order valence-electron chi connectivity index (χ0n) is 11.2. The molecule has 0 heterocycles. The van der Waals surface area contributed by atoms with E-state index in [9.17, 15) is 18.0 Å². The highest BCUT2D eigenvalue weighted by Crippen LogP contribution is 2.08. The number of carboxylic acid groups (broad SMARTS) is 1. The molecular weight excluding hydrogens is 258 g/mol. The monoisotopic (exact) mass is 279 g/mol. The van der Waals surface area contributed by atoms with Crippen LogP contribution in [-0.4, -0.2) is 54.9 Å². The normalized spacial score (nSPS) is 13.4. The van der Waals surface area contributed by atoms with Crippen LogP contribution in [0.5, 0.6) is 0 Å². The Morgan fingerprint density at radius 3 is 2.06 bits per heavy atom. The molecule has 0 saturated heterocycles. The van der Waals surface area contributed by atoms with E-state index < -0.39 is 27.0 Å². The highest BCUT2D eigenvalue weighted by Gasteiger charge is 2.28. The first kappa shape index (κ1) is 16.9. The molecule has 0 fully saturated rings. The molecule has 0 bridgehead atoms. The van der Waals surface area contributed by atoms with E-state index in [0.717, 1.165) is 6.26 Å². The first-order chi connectivity index (χ1) is 8.05. The largest absolute Gasteiger partial charge is 0.481 e. The highest BCUT2D eigenvalue weighted by atomic mass is 32.2. The quantitative estimate of drug-likeness (QED) is 0.727. The topological polar surface area (TPSA) is 91.8 Å². The molecule has 0 aliphatic heterocycles. The molecule has 106 valence electrons. The molecule has 18 heavy (non-hydrogen) atoms. The Hall–Kier alpha value is -1.11. The Kier molecular flexibility index (Phi) is 6.31. The van der Waals surface area contributed by atoms with Crippen LogP contribution in [0.25, 0.3) is 0 Å². The van der Waals surface area contributed by atoms with Gasteiger partial charge in [-0.05, 0) is 12.8 Å². The number of nitrogens with zero attached hydrogens (tertiary/aromatic N) is 1. The number of rotatable bonds is 7. The van der Waals surface area contributed by atoms with Crippen molar-refractivity contribution in [2.75, 3.05) is 19.3 Å². The standard InChI is InChI=1S/C11H21NO5S/c1-8(2)7-12(6-5-10(13)14)11(15)9(3)18(4,16)17/h8-9H,5-7H2,1-4H3,(H,13,14). The summed E-state index contributed by atoms with van der Waals surface area (Å²) in [4.78, 5) is 23.8. The minimum absolute atomic E-state index is 0.0339. The zero-order chi connectivity index (χ0) is 14.5. The van der Waals surface area contributed by atoms with Gasteiger partial charge in [-0.1, -0.05) is 13.8 Å². The van der Waals surface area contributed by atoms with Gasteiger partial charge in [0.25, 0.3) is 0 Å². The number of amides is 1. The Labute approximate surface area is 108 Å². The molecule has 0 saturated carbocycles. The van der Waals surface area contributed by atoms with Gasteiger partial charge in [-0.3, -0.25) is 9.59 Å². The van der Waals surface area contributed by atoms with E-state index >= 15 is 0 Å². The average molecular weight is 279 g/mol. The lowest BCUT2D eigenvalue weighted by Gasteiger charge is -2.26. The summed E-state index contributed by atoms with van der Waals surface area (Å²) in [5.41, 5.74) is 0. The maximum atomic E-state index is 12.0. The molecule has 1 amide bonds.